The van der Waals surface area contributed by atoms with Gasteiger partial charge in [-0.1, -0.05) is 32.6 Å². The number of carbonyl (C=O) groups excluding carboxylic acids is 2. The second kappa shape index (κ2) is 12.6. The Morgan fingerprint density at radius 2 is 2.00 bits per heavy atom. The minimum Gasteiger partial charge on any atom is -0.358 e. The van der Waals surface area contributed by atoms with Crippen molar-refractivity contribution < 1.29 is 13.8 Å². The van der Waals surface area contributed by atoms with Crippen molar-refractivity contribution in [2.45, 2.75) is 82.8 Å². The van der Waals surface area contributed by atoms with E-state index in [1.807, 2.05) is 0 Å². The molecule has 1 saturated carbocycles. The number of rotatable bonds is 10. The van der Waals surface area contributed by atoms with Crippen LogP contribution in [0.5, 0.6) is 0 Å². The van der Waals surface area contributed by atoms with Crippen LogP contribution in [0.15, 0.2) is 0 Å². The van der Waals surface area contributed by atoms with Crippen molar-refractivity contribution in [1.82, 2.24) is 19.8 Å². The highest BCUT2D eigenvalue weighted by Crippen LogP contribution is 2.35. The van der Waals surface area contributed by atoms with Crippen LogP contribution >= 0.6 is 24.0 Å². The minimum atomic E-state index is -0.341. The molecule has 2 aliphatic heterocycles. The standard InChI is InChI=1S/C22H40N4O3S2/c1-3-4-13-26-20(27)19(10-16-30-2)24-22(26)11-14-25(15-12-22)31-29-21(28)23-17-18-8-6-5-7-9-18/h18-19,24H,3-17H2,1-2H3,(H,23,28). The zero-order valence-electron chi connectivity index (χ0n) is 19.2. The summed E-state index contributed by atoms with van der Waals surface area (Å²) in [6.45, 7) is 5.29. The number of thioether (sulfide) groups is 1. The van der Waals surface area contributed by atoms with Gasteiger partial charge in [0, 0.05) is 26.2 Å². The number of hydrogen-bond donors (Lipinski definition) is 2. The largest absolute Gasteiger partial charge is 0.420 e. The minimum absolute atomic E-state index is 0.0645. The third kappa shape index (κ3) is 6.92. The summed E-state index contributed by atoms with van der Waals surface area (Å²) in [6.07, 6.45) is 12.8. The van der Waals surface area contributed by atoms with Crippen LogP contribution in [0.3, 0.4) is 0 Å². The Kier molecular flexibility index (Phi) is 10.1. The molecule has 3 rings (SSSR count). The van der Waals surface area contributed by atoms with E-state index in [0.29, 0.717) is 5.92 Å². The van der Waals surface area contributed by atoms with Gasteiger partial charge in [0.05, 0.1) is 11.7 Å². The molecule has 0 aromatic rings. The summed E-state index contributed by atoms with van der Waals surface area (Å²) in [5.74, 6) is 1.86. The summed E-state index contributed by atoms with van der Waals surface area (Å²) >= 11 is 2.95. The molecule has 1 aliphatic carbocycles. The van der Waals surface area contributed by atoms with Crippen LogP contribution in [0.2, 0.25) is 0 Å². The van der Waals surface area contributed by atoms with Crippen LogP contribution in [-0.2, 0) is 8.98 Å². The van der Waals surface area contributed by atoms with Crippen molar-refractivity contribution in [3.05, 3.63) is 0 Å². The fourth-order valence-electron chi connectivity index (χ4n) is 5.01. The van der Waals surface area contributed by atoms with Crippen molar-refractivity contribution in [2.75, 3.05) is 38.2 Å². The topological polar surface area (TPSA) is 73.9 Å². The summed E-state index contributed by atoms with van der Waals surface area (Å²) in [7, 11) is 0. The molecule has 7 nitrogen and oxygen atoms in total. The Morgan fingerprint density at radius 3 is 2.68 bits per heavy atom. The first-order valence-electron chi connectivity index (χ1n) is 12.0. The number of hydrogen-bond acceptors (Lipinski definition) is 7. The van der Waals surface area contributed by atoms with Gasteiger partial charge in [0.2, 0.25) is 5.91 Å². The molecule has 1 atom stereocenters. The molecule has 2 N–H and O–H groups in total. The van der Waals surface area contributed by atoms with Gasteiger partial charge in [0.15, 0.2) is 12.2 Å². The Labute approximate surface area is 196 Å². The van der Waals surface area contributed by atoms with Crippen molar-refractivity contribution in [3.63, 3.8) is 0 Å². The Bertz CT molecular complexity index is 581. The van der Waals surface area contributed by atoms with Crippen molar-refractivity contribution in [2.24, 2.45) is 5.92 Å². The molecular weight excluding hydrogens is 432 g/mol. The van der Waals surface area contributed by atoms with Crippen LogP contribution in [0.4, 0.5) is 4.79 Å². The average Bonchev–Trinajstić information content (AvgIpc) is 3.05. The van der Waals surface area contributed by atoms with E-state index in [-0.39, 0.29) is 23.7 Å². The summed E-state index contributed by atoms with van der Waals surface area (Å²) in [6, 6.07) is -0.0645. The highest BCUT2D eigenvalue weighted by atomic mass is 32.2. The summed E-state index contributed by atoms with van der Waals surface area (Å²) in [5, 5.41) is 6.63. The highest BCUT2D eigenvalue weighted by Gasteiger charge is 2.50. The second-order valence-electron chi connectivity index (χ2n) is 9.11. The van der Waals surface area contributed by atoms with Gasteiger partial charge in [-0.2, -0.15) is 11.8 Å². The summed E-state index contributed by atoms with van der Waals surface area (Å²) < 4.78 is 7.50. The number of piperidine rings is 1. The molecule has 0 bridgehead atoms. The van der Waals surface area contributed by atoms with E-state index in [1.54, 1.807) is 11.8 Å². The molecule has 0 aromatic heterocycles. The van der Waals surface area contributed by atoms with Crippen molar-refractivity contribution >= 4 is 36.0 Å². The van der Waals surface area contributed by atoms with Gasteiger partial charge in [-0.15, -0.1) is 0 Å². The maximum absolute atomic E-state index is 13.0. The van der Waals surface area contributed by atoms with Crippen LogP contribution in [0, 0.1) is 5.92 Å². The fourth-order valence-corrected chi connectivity index (χ4v) is 6.05. The average molecular weight is 473 g/mol. The molecule has 1 spiro atoms. The third-order valence-corrected chi connectivity index (χ3v) is 8.34. The van der Waals surface area contributed by atoms with Crippen LogP contribution < -0.4 is 10.6 Å². The highest BCUT2D eigenvalue weighted by molar-refractivity contribution is 7.98. The fraction of sp³-hybridized carbons (Fsp3) is 0.909. The lowest BCUT2D eigenvalue weighted by atomic mass is 9.89. The SMILES string of the molecule is CCCCN1C(=O)C(CCSC)NC12CCN(SOC(=O)NCC1CCCCC1)CC2. The van der Waals surface area contributed by atoms with E-state index >= 15 is 0 Å². The normalized spacial score (nSPS) is 24.6. The number of nitrogens with one attached hydrogen (secondary N) is 2. The Hall–Kier alpha value is -0.640. The molecule has 178 valence electrons. The Morgan fingerprint density at radius 1 is 1.26 bits per heavy atom. The number of amides is 2. The van der Waals surface area contributed by atoms with Gasteiger partial charge in [-0.05, 0) is 56.5 Å². The smallest absolute Gasteiger partial charge is 0.358 e. The first-order valence-corrected chi connectivity index (χ1v) is 14.1. The molecular formula is C22H40N4O3S2. The number of nitrogens with zero attached hydrogens (tertiary/aromatic N) is 2. The molecule has 0 radical (unpaired) electrons. The lowest BCUT2D eigenvalue weighted by molar-refractivity contribution is -0.133. The molecule has 0 aromatic carbocycles. The van der Waals surface area contributed by atoms with Gasteiger partial charge >= 0.3 is 6.09 Å². The van der Waals surface area contributed by atoms with Gasteiger partial charge < -0.3 is 14.4 Å². The lowest BCUT2D eigenvalue weighted by Gasteiger charge is -2.43. The van der Waals surface area contributed by atoms with E-state index in [1.165, 1.54) is 32.1 Å². The number of unbranched alkanes of at least 4 members (excludes halogenated alkanes) is 1. The maximum Gasteiger partial charge on any atom is 0.420 e. The van der Waals surface area contributed by atoms with Gasteiger partial charge in [-0.25, -0.2) is 9.10 Å². The molecule has 2 saturated heterocycles. The molecule has 3 fully saturated rings. The molecule has 1 unspecified atom stereocenters. The van der Waals surface area contributed by atoms with E-state index in [0.717, 1.165) is 76.3 Å². The zero-order valence-corrected chi connectivity index (χ0v) is 20.8. The Balaban J connectivity index is 1.43. The third-order valence-electron chi connectivity index (χ3n) is 6.90. The van der Waals surface area contributed by atoms with Crippen LogP contribution in [0.25, 0.3) is 0 Å². The lowest BCUT2D eigenvalue weighted by Crippen LogP contribution is -2.58. The quantitative estimate of drug-likeness (QED) is 0.368. The number of carbonyl (C=O) groups is 2. The predicted octanol–water partition coefficient (Wildman–Crippen LogP) is 4.00. The predicted molar refractivity (Wildman–Crippen MR) is 129 cm³/mol. The van der Waals surface area contributed by atoms with E-state index in [2.05, 4.69) is 33.0 Å². The maximum atomic E-state index is 13.0. The summed E-state index contributed by atoms with van der Waals surface area (Å²) in [5.41, 5.74) is -0.240. The van der Waals surface area contributed by atoms with Crippen molar-refractivity contribution in [3.8, 4) is 0 Å². The van der Waals surface area contributed by atoms with Gasteiger partial charge in [0.25, 0.3) is 0 Å². The van der Waals surface area contributed by atoms with Crippen LogP contribution in [-0.4, -0.2) is 71.1 Å². The van der Waals surface area contributed by atoms with Gasteiger partial charge in [-0.3, -0.25) is 10.1 Å². The van der Waals surface area contributed by atoms with E-state index in [4.69, 9.17) is 4.18 Å². The van der Waals surface area contributed by atoms with Crippen LogP contribution in [0.1, 0.15) is 71.1 Å². The first-order chi connectivity index (χ1) is 15.1. The molecule has 9 heteroatoms. The van der Waals surface area contributed by atoms with Crippen molar-refractivity contribution in [1.29, 1.82) is 0 Å². The monoisotopic (exact) mass is 472 g/mol. The molecule has 31 heavy (non-hydrogen) atoms. The second-order valence-corrected chi connectivity index (χ2v) is 10.9. The molecule has 2 amide bonds. The molecule has 3 aliphatic rings. The zero-order chi connectivity index (χ0) is 22.1. The molecule has 2 heterocycles. The first kappa shape index (κ1) is 25.0. The van der Waals surface area contributed by atoms with E-state index in [9.17, 15) is 9.59 Å². The van der Waals surface area contributed by atoms with Gasteiger partial charge in [0.1, 0.15) is 0 Å². The van der Waals surface area contributed by atoms with E-state index < -0.39 is 0 Å². The summed E-state index contributed by atoms with van der Waals surface area (Å²) in [4.78, 5) is 27.2.